The lowest BCUT2D eigenvalue weighted by Crippen LogP contribution is -2.38. The number of nitrogens with zero attached hydrogens (tertiary/aromatic N) is 2. The second-order valence-electron chi connectivity index (χ2n) is 6.96. The van der Waals surface area contributed by atoms with Crippen LogP contribution in [0.25, 0.3) is 0 Å². The SMILES string of the molecule is CCCN1CCC(CN=C(NCC)NCCC2=CCCCC2)C1. The van der Waals surface area contributed by atoms with E-state index >= 15 is 0 Å². The monoisotopic (exact) mass is 320 g/mol. The molecule has 0 radical (unpaired) electrons. The van der Waals surface area contributed by atoms with E-state index in [1.165, 1.54) is 58.2 Å². The molecule has 4 heteroatoms. The van der Waals surface area contributed by atoms with Crippen LogP contribution in [-0.2, 0) is 0 Å². The van der Waals surface area contributed by atoms with Crippen LogP contribution in [0.4, 0.5) is 0 Å². The number of rotatable bonds is 8. The molecule has 132 valence electrons. The Bertz CT molecular complexity index is 389. The normalized spacial score (nSPS) is 23.0. The molecule has 0 spiro atoms. The number of hydrogen-bond donors (Lipinski definition) is 2. The molecule has 1 aliphatic carbocycles. The highest BCUT2D eigenvalue weighted by atomic mass is 15.2. The van der Waals surface area contributed by atoms with Crippen LogP contribution in [0.5, 0.6) is 0 Å². The highest BCUT2D eigenvalue weighted by Crippen LogP contribution is 2.19. The smallest absolute Gasteiger partial charge is 0.191 e. The first kappa shape index (κ1) is 18.3. The van der Waals surface area contributed by atoms with Gasteiger partial charge in [0, 0.05) is 26.2 Å². The second-order valence-corrected chi connectivity index (χ2v) is 6.96. The van der Waals surface area contributed by atoms with Gasteiger partial charge < -0.3 is 15.5 Å². The molecular weight excluding hydrogens is 284 g/mol. The van der Waals surface area contributed by atoms with Crippen molar-refractivity contribution in [1.82, 2.24) is 15.5 Å². The van der Waals surface area contributed by atoms with E-state index in [2.05, 4.69) is 35.5 Å². The van der Waals surface area contributed by atoms with Gasteiger partial charge in [-0.3, -0.25) is 4.99 Å². The van der Waals surface area contributed by atoms with Gasteiger partial charge in [-0.05, 0) is 70.9 Å². The second kappa shape index (κ2) is 10.7. The van der Waals surface area contributed by atoms with Gasteiger partial charge >= 0.3 is 0 Å². The molecule has 0 aromatic carbocycles. The molecule has 23 heavy (non-hydrogen) atoms. The van der Waals surface area contributed by atoms with Gasteiger partial charge in [-0.2, -0.15) is 0 Å². The highest BCUT2D eigenvalue weighted by molar-refractivity contribution is 5.79. The van der Waals surface area contributed by atoms with Crippen molar-refractivity contribution < 1.29 is 0 Å². The third-order valence-electron chi connectivity index (χ3n) is 4.89. The maximum Gasteiger partial charge on any atom is 0.191 e. The topological polar surface area (TPSA) is 39.7 Å². The van der Waals surface area contributed by atoms with E-state index in [9.17, 15) is 0 Å². The van der Waals surface area contributed by atoms with E-state index in [1.807, 2.05) is 0 Å². The summed E-state index contributed by atoms with van der Waals surface area (Å²) in [6.07, 6.45) is 11.5. The summed E-state index contributed by atoms with van der Waals surface area (Å²) < 4.78 is 0. The fourth-order valence-electron chi connectivity index (χ4n) is 3.62. The van der Waals surface area contributed by atoms with Crippen LogP contribution in [-0.4, -0.2) is 50.1 Å². The number of hydrogen-bond acceptors (Lipinski definition) is 2. The summed E-state index contributed by atoms with van der Waals surface area (Å²) in [6.45, 7) is 11.0. The molecule has 0 aromatic rings. The Morgan fingerprint density at radius 1 is 1.30 bits per heavy atom. The van der Waals surface area contributed by atoms with Crippen LogP contribution in [0.2, 0.25) is 0 Å². The van der Waals surface area contributed by atoms with Crippen LogP contribution >= 0.6 is 0 Å². The molecule has 2 N–H and O–H groups in total. The quantitative estimate of drug-likeness (QED) is 0.410. The van der Waals surface area contributed by atoms with Gasteiger partial charge in [0.05, 0.1) is 0 Å². The van der Waals surface area contributed by atoms with E-state index in [1.54, 1.807) is 5.57 Å². The largest absolute Gasteiger partial charge is 0.357 e. The Kier molecular flexibility index (Phi) is 8.51. The van der Waals surface area contributed by atoms with Gasteiger partial charge in [-0.1, -0.05) is 18.6 Å². The van der Waals surface area contributed by atoms with Crippen molar-refractivity contribution in [3.63, 3.8) is 0 Å². The Morgan fingerprint density at radius 2 is 2.22 bits per heavy atom. The first-order valence-electron chi connectivity index (χ1n) is 9.74. The molecule has 1 saturated heterocycles. The van der Waals surface area contributed by atoms with Crippen molar-refractivity contribution in [3.05, 3.63) is 11.6 Å². The molecule has 4 nitrogen and oxygen atoms in total. The maximum atomic E-state index is 4.82. The van der Waals surface area contributed by atoms with E-state index < -0.39 is 0 Å². The Morgan fingerprint density at radius 3 is 2.96 bits per heavy atom. The summed E-state index contributed by atoms with van der Waals surface area (Å²) in [7, 11) is 0. The van der Waals surface area contributed by atoms with Gasteiger partial charge in [-0.25, -0.2) is 0 Å². The van der Waals surface area contributed by atoms with Crippen molar-refractivity contribution >= 4 is 5.96 Å². The van der Waals surface area contributed by atoms with Crippen LogP contribution in [0.1, 0.15) is 58.8 Å². The predicted octanol–water partition coefficient (Wildman–Crippen LogP) is 3.16. The standard InChI is InChI=1S/C19H36N4/c1-3-13-23-14-11-18(16-23)15-22-19(20-4-2)21-12-10-17-8-6-5-7-9-17/h8,18H,3-7,9-16H2,1-2H3,(H2,20,21,22). The number of guanidine groups is 1. The average molecular weight is 321 g/mol. The lowest BCUT2D eigenvalue weighted by Gasteiger charge is -2.16. The lowest BCUT2D eigenvalue weighted by molar-refractivity contribution is 0.326. The molecule has 0 saturated carbocycles. The third kappa shape index (κ3) is 6.94. The van der Waals surface area contributed by atoms with Crippen LogP contribution in [0.3, 0.4) is 0 Å². The zero-order valence-corrected chi connectivity index (χ0v) is 15.2. The number of aliphatic imine (C=N–C) groups is 1. The van der Waals surface area contributed by atoms with E-state index in [0.717, 1.165) is 37.9 Å². The summed E-state index contributed by atoms with van der Waals surface area (Å²) in [5.74, 6) is 1.73. The molecule has 1 fully saturated rings. The molecule has 0 bridgehead atoms. The predicted molar refractivity (Wildman–Crippen MR) is 100.0 cm³/mol. The fraction of sp³-hybridized carbons (Fsp3) is 0.842. The first-order valence-corrected chi connectivity index (χ1v) is 9.74. The minimum Gasteiger partial charge on any atom is -0.357 e. The molecule has 0 amide bonds. The van der Waals surface area contributed by atoms with E-state index in [4.69, 9.17) is 4.99 Å². The highest BCUT2D eigenvalue weighted by Gasteiger charge is 2.21. The molecule has 2 rings (SSSR count). The zero-order chi connectivity index (χ0) is 16.3. The minimum absolute atomic E-state index is 0.734. The Hall–Kier alpha value is -1.03. The Balaban J connectivity index is 1.70. The average Bonchev–Trinajstić information content (AvgIpc) is 3.02. The van der Waals surface area contributed by atoms with Crippen LogP contribution < -0.4 is 10.6 Å². The fourth-order valence-corrected chi connectivity index (χ4v) is 3.62. The van der Waals surface area contributed by atoms with Crippen molar-refractivity contribution in [1.29, 1.82) is 0 Å². The summed E-state index contributed by atoms with van der Waals surface area (Å²) in [4.78, 5) is 7.40. The molecule has 1 heterocycles. The minimum atomic E-state index is 0.734. The molecule has 1 unspecified atom stereocenters. The van der Waals surface area contributed by atoms with Crippen LogP contribution in [0.15, 0.2) is 16.6 Å². The van der Waals surface area contributed by atoms with Crippen molar-refractivity contribution in [2.24, 2.45) is 10.9 Å². The molecule has 1 aliphatic heterocycles. The van der Waals surface area contributed by atoms with Gasteiger partial charge in [0.2, 0.25) is 0 Å². The summed E-state index contributed by atoms with van der Waals surface area (Å²) in [5, 5.41) is 6.90. The van der Waals surface area contributed by atoms with Crippen molar-refractivity contribution in [3.8, 4) is 0 Å². The first-order chi connectivity index (χ1) is 11.3. The Labute approximate surface area is 142 Å². The van der Waals surface area contributed by atoms with Gasteiger partial charge in [0.15, 0.2) is 5.96 Å². The van der Waals surface area contributed by atoms with Crippen molar-refractivity contribution in [2.75, 3.05) is 39.3 Å². The summed E-state index contributed by atoms with van der Waals surface area (Å²) in [6, 6.07) is 0. The van der Waals surface area contributed by atoms with E-state index in [0.29, 0.717) is 0 Å². The zero-order valence-electron chi connectivity index (χ0n) is 15.2. The summed E-state index contributed by atoms with van der Waals surface area (Å²) in [5.41, 5.74) is 1.63. The molecule has 1 atom stereocenters. The van der Waals surface area contributed by atoms with Gasteiger partial charge in [0.1, 0.15) is 0 Å². The molecular formula is C19H36N4. The number of nitrogens with one attached hydrogen (secondary N) is 2. The van der Waals surface area contributed by atoms with Gasteiger partial charge in [0.25, 0.3) is 0 Å². The van der Waals surface area contributed by atoms with Gasteiger partial charge in [-0.15, -0.1) is 0 Å². The molecule has 0 aromatic heterocycles. The number of allylic oxidation sites excluding steroid dienone is 1. The summed E-state index contributed by atoms with van der Waals surface area (Å²) >= 11 is 0. The molecule has 2 aliphatic rings. The van der Waals surface area contributed by atoms with Crippen LogP contribution in [0, 0.1) is 5.92 Å². The maximum absolute atomic E-state index is 4.82. The lowest BCUT2D eigenvalue weighted by atomic mass is 9.97. The third-order valence-corrected chi connectivity index (χ3v) is 4.89. The van der Waals surface area contributed by atoms with Crippen molar-refractivity contribution in [2.45, 2.75) is 58.8 Å². The number of likely N-dealkylation sites (tertiary alicyclic amines) is 1. The van der Waals surface area contributed by atoms with E-state index in [-0.39, 0.29) is 0 Å².